The lowest BCUT2D eigenvalue weighted by atomic mass is 10.1. The topological polar surface area (TPSA) is 96.0 Å². The molecule has 2 aromatic heterocycles. The molecule has 5 nitrogen and oxygen atoms in total. The summed E-state index contributed by atoms with van der Waals surface area (Å²) in [5, 5.41) is 11.2. The van der Waals surface area contributed by atoms with Gasteiger partial charge in [-0.05, 0) is 30.9 Å². The zero-order chi connectivity index (χ0) is 14.3. The van der Waals surface area contributed by atoms with E-state index >= 15 is 0 Å². The van der Waals surface area contributed by atoms with Crippen molar-refractivity contribution < 1.29 is 8.42 Å². The number of nitriles is 1. The fourth-order valence-electron chi connectivity index (χ4n) is 2.24. The Labute approximate surface area is 124 Å². The second-order valence-electron chi connectivity index (χ2n) is 4.48. The summed E-state index contributed by atoms with van der Waals surface area (Å²) in [5.41, 5.74) is 7.44. The van der Waals surface area contributed by atoms with Crippen molar-refractivity contribution in [2.45, 2.75) is 23.5 Å². The lowest BCUT2D eigenvalue weighted by Crippen LogP contribution is -2.11. The monoisotopic (exact) mass is 325 g/mol. The molecule has 8 heteroatoms. The number of hydrogen-bond donors (Lipinski definition) is 2. The van der Waals surface area contributed by atoms with Crippen LogP contribution in [0, 0.1) is 11.3 Å². The predicted molar refractivity (Wildman–Crippen MR) is 80.6 cm³/mol. The van der Waals surface area contributed by atoms with Crippen LogP contribution in [0.1, 0.15) is 22.4 Å². The molecular weight excluding hydrogens is 314 g/mol. The molecule has 0 amide bonds. The van der Waals surface area contributed by atoms with Gasteiger partial charge in [-0.25, -0.2) is 8.42 Å². The van der Waals surface area contributed by atoms with Gasteiger partial charge in [-0.3, -0.25) is 4.72 Å². The Morgan fingerprint density at radius 1 is 1.40 bits per heavy atom. The first-order chi connectivity index (χ1) is 9.51. The summed E-state index contributed by atoms with van der Waals surface area (Å²) < 4.78 is 27.2. The van der Waals surface area contributed by atoms with Crippen molar-refractivity contribution in [1.29, 1.82) is 5.26 Å². The van der Waals surface area contributed by atoms with E-state index in [4.69, 9.17) is 5.73 Å². The van der Waals surface area contributed by atoms with E-state index in [9.17, 15) is 13.7 Å². The van der Waals surface area contributed by atoms with Crippen LogP contribution in [-0.2, 0) is 22.9 Å². The van der Waals surface area contributed by atoms with Gasteiger partial charge in [0.15, 0.2) is 0 Å². The van der Waals surface area contributed by atoms with Crippen LogP contribution in [0.15, 0.2) is 15.7 Å². The van der Waals surface area contributed by atoms with E-state index in [0.717, 1.165) is 41.0 Å². The summed E-state index contributed by atoms with van der Waals surface area (Å²) in [4.78, 5) is 1.12. The molecule has 0 aromatic carbocycles. The maximum atomic E-state index is 12.3. The van der Waals surface area contributed by atoms with E-state index in [0.29, 0.717) is 16.3 Å². The van der Waals surface area contributed by atoms with Crippen LogP contribution >= 0.6 is 22.7 Å². The molecule has 3 rings (SSSR count). The zero-order valence-corrected chi connectivity index (χ0v) is 12.8. The number of fused-ring (bicyclic) bond motifs is 1. The number of nitrogens with two attached hydrogens (primary N) is 1. The Morgan fingerprint density at radius 3 is 2.85 bits per heavy atom. The highest BCUT2D eigenvalue weighted by atomic mass is 32.2. The van der Waals surface area contributed by atoms with E-state index in [2.05, 4.69) is 10.8 Å². The van der Waals surface area contributed by atoms with E-state index in [1.807, 2.05) is 0 Å². The highest BCUT2D eigenvalue weighted by Gasteiger charge is 2.25. The molecule has 0 atom stereocenters. The minimum Gasteiger partial charge on any atom is -0.398 e. The van der Waals surface area contributed by atoms with Gasteiger partial charge in [0.05, 0.1) is 5.56 Å². The van der Waals surface area contributed by atoms with Gasteiger partial charge in [-0.15, -0.1) is 22.7 Å². The Hall–Kier alpha value is -1.56. The first kappa shape index (κ1) is 13.4. The standard InChI is InChI=1S/C12H11N3O2S3/c13-5-9-8-2-1-3-10(8)19-12(9)15-20(16,17)11-4-7(14)6-18-11/h4,6,15H,1-3,14H2. The first-order valence-electron chi connectivity index (χ1n) is 5.93. The van der Waals surface area contributed by atoms with E-state index < -0.39 is 10.0 Å². The lowest BCUT2D eigenvalue weighted by molar-refractivity contribution is 0.603. The number of nitrogens with zero attached hydrogens (tertiary/aromatic N) is 1. The Bertz CT molecular complexity index is 812. The summed E-state index contributed by atoms with van der Waals surface area (Å²) in [7, 11) is -3.66. The molecular formula is C12H11N3O2S3. The van der Waals surface area contributed by atoms with Crippen molar-refractivity contribution in [3.05, 3.63) is 27.5 Å². The molecule has 0 fully saturated rings. The number of sulfonamides is 1. The third-order valence-electron chi connectivity index (χ3n) is 3.12. The minimum absolute atomic E-state index is 0.160. The number of rotatable bonds is 3. The molecule has 2 heterocycles. The largest absolute Gasteiger partial charge is 0.398 e. The van der Waals surface area contributed by atoms with Gasteiger partial charge in [0.2, 0.25) is 0 Å². The van der Waals surface area contributed by atoms with Crippen LogP contribution in [0.4, 0.5) is 10.7 Å². The Kier molecular flexibility index (Phi) is 3.20. The highest BCUT2D eigenvalue weighted by molar-refractivity contribution is 7.94. The van der Waals surface area contributed by atoms with Gasteiger partial charge >= 0.3 is 0 Å². The molecule has 0 radical (unpaired) electrons. The molecule has 0 unspecified atom stereocenters. The number of nitrogen functional groups attached to an aromatic ring is 1. The van der Waals surface area contributed by atoms with Gasteiger partial charge in [0, 0.05) is 15.9 Å². The SMILES string of the molecule is N#Cc1c(NS(=O)(=O)c2cc(N)cs2)sc2c1CCC2. The third kappa shape index (κ3) is 2.18. The highest BCUT2D eigenvalue weighted by Crippen LogP contribution is 2.39. The van der Waals surface area contributed by atoms with E-state index in [1.165, 1.54) is 17.4 Å². The molecule has 3 N–H and O–H groups in total. The summed E-state index contributed by atoms with van der Waals surface area (Å²) in [6.45, 7) is 0. The Balaban J connectivity index is 1.98. The smallest absolute Gasteiger partial charge is 0.272 e. The number of nitrogens with one attached hydrogen (secondary N) is 1. The van der Waals surface area contributed by atoms with Gasteiger partial charge in [-0.2, -0.15) is 5.26 Å². The molecule has 20 heavy (non-hydrogen) atoms. The molecule has 2 aromatic rings. The van der Waals surface area contributed by atoms with Crippen LogP contribution in [-0.4, -0.2) is 8.42 Å². The van der Waals surface area contributed by atoms with Crippen LogP contribution in [0.25, 0.3) is 0 Å². The van der Waals surface area contributed by atoms with Crippen LogP contribution < -0.4 is 10.5 Å². The quantitative estimate of drug-likeness (QED) is 0.906. The maximum absolute atomic E-state index is 12.3. The van der Waals surface area contributed by atoms with E-state index in [1.54, 1.807) is 5.38 Å². The third-order valence-corrected chi connectivity index (χ3v) is 7.26. The summed E-state index contributed by atoms with van der Waals surface area (Å²) in [6.07, 6.45) is 2.80. The molecule has 0 saturated carbocycles. The van der Waals surface area contributed by atoms with Crippen molar-refractivity contribution in [2.24, 2.45) is 0 Å². The number of thiophene rings is 2. The summed E-state index contributed by atoms with van der Waals surface area (Å²) in [6, 6.07) is 3.53. The van der Waals surface area contributed by atoms with Crippen molar-refractivity contribution in [3.63, 3.8) is 0 Å². The zero-order valence-electron chi connectivity index (χ0n) is 10.3. The average Bonchev–Trinajstić information content (AvgIpc) is 3.04. The van der Waals surface area contributed by atoms with Crippen LogP contribution in [0.3, 0.4) is 0 Å². The van der Waals surface area contributed by atoms with Gasteiger partial charge in [0.25, 0.3) is 10.0 Å². The van der Waals surface area contributed by atoms with Crippen molar-refractivity contribution >= 4 is 43.4 Å². The van der Waals surface area contributed by atoms with E-state index in [-0.39, 0.29) is 4.21 Å². The van der Waals surface area contributed by atoms with Gasteiger partial charge < -0.3 is 5.73 Å². The molecule has 104 valence electrons. The molecule has 0 bridgehead atoms. The molecule has 1 aliphatic rings. The van der Waals surface area contributed by atoms with Crippen molar-refractivity contribution in [1.82, 2.24) is 0 Å². The summed E-state index contributed by atoms with van der Waals surface area (Å²) in [5.74, 6) is 0. The number of aryl methyl sites for hydroxylation is 1. The number of anilines is 2. The molecule has 1 aliphatic carbocycles. The fourth-order valence-corrected chi connectivity index (χ4v) is 5.86. The first-order valence-corrected chi connectivity index (χ1v) is 9.10. The predicted octanol–water partition coefficient (Wildman–Crippen LogP) is 2.55. The average molecular weight is 325 g/mol. The van der Waals surface area contributed by atoms with Crippen molar-refractivity contribution in [2.75, 3.05) is 10.5 Å². The van der Waals surface area contributed by atoms with Gasteiger partial charge in [-0.1, -0.05) is 0 Å². The van der Waals surface area contributed by atoms with Crippen LogP contribution in [0.5, 0.6) is 0 Å². The fraction of sp³-hybridized carbons (Fsp3) is 0.250. The van der Waals surface area contributed by atoms with Gasteiger partial charge in [0.1, 0.15) is 15.3 Å². The summed E-state index contributed by atoms with van der Waals surface area (Å²) >= 11 is 2.43. The molecule has 0 saturated heterocycles. The lowest BCUT2D eigenvalue weighted by Gasteiger charge is -2.04. The Morgan fingerprint density at radius 2 is 2.20 bits per heavy atom. The second-order valence-corrected chi connectivity index (χ2v) is 8.40. The van der Waals surface area contributed by atoms with Crippen molar-refractivity contribution in [3.8, 4) is 6.07 Å². The molecule has 0 aliphatic heterocycles. The van der Waals surface area contributed by atoms with Crippen LogP contribution in [0.2, 0.25) is 0 Å². The minimum atomic E-state index is -3.66. The second kappa shape index (κ2) is 4.77. The normalized spacial score (nSPS) is 13.9. The number of hydrogen-bond acceptors (Lipinski definition) is 6. The molecule has 0 spiro atoms. The maximum Gasteiger partial charge on any atom is 0.272 e.